The zero-order chi connectivity index (χ0) is 17.8. The average molecular weight is 357 g/mol. The highest BCUT2D eigenvalue weighted by Gasteiger charge is 2.14. The molecule has 0 fully saturated rings. The summed E-state index contributed by atoms with van der Waals surface area (Å²) in [6.45, 7) is 5.67. The van der Waals surface area contributed by atoms with E-state index in [-0.39, 0.29) is 0 Å². The second kappa shape index (κ2) is 7.72. The number of rotatable bonds is 7. The van der Waals surface area contributed by atoms with Crippen molar-refractivity contribution in [1.29, 1.82) is 0 Å². The first-order chi connectivity index (χ1) is 12.1. The lowest BCUT2D eigenvalue weighted by Crippen LogP contribution is -2.07. The van der Waals surface area contributed by atoms with Gasteiger partial charge in [0.15, 0.2) is 5.13 Å². The molecule has 0 saturated carbocycles. The van der Waals surface area contributed by atoms with Gasteiger partial charge in [-0.25, -0.2) is 4.98 Å². The van der Waals surface area contributed by atoms with Crippen molar-refractivity contribution in [1.82, 2.24) is 9.55 Å². The minimum absolute atomic E-state index is 0.668. The Morgan fingerprint density at radius 2 is 1.92 bits per heavy atom. The monoisotopic (exact) mass is 357 g/mol. The number of benzene rings is 1. The molecule has 3 rings (SSSR count). The van der Waals surface area contributed by atoms with Crippen LogP contribution in [-0.2, 0) is 4.74 Å². The van der Waals surface area contributed by atoms with Gasteiger partial charge in [-0.3, -0.25) is 0 Å². The summed E-state index contributed by atoms with van der Waals surface area (Å²) in [5.41, 5.74) is 5.63. The maximum absolute atomic E-state index is 5.25. The van der Waals surface area contributed by atoms with Crippen LogP contribution >= 0.6 is 11.3 Å². The molecule has 3 aromatic rings. The van der Waals surface area contributed by atoms with Crippen molar-refractivity contribution >= 4 is 16.5 Å². The second-order valence-electron chi connectivity index (χ2n) is 5.78. The highest BCUT2D eigenvalue weighted by molar-refractivity contribution is 7.14. The molecule has 25 heavy (non-hydrogen) atoms. The number of ether oxygens (including phenoxy) is 2. The average Bonchev–Trinajstić information content (AvgIpc) is 3.20. The number of nitrogens with zero attached hydrogens (tertiary/aromatic N) is 2. The first-order valence-corrected chi connectivity index (χ1v) is 9.04. The number of aromatic nitrogens is 2. The fourth-order valence-corrected chi connectivity index (χ4v) is 3.63. The third-order valence-corrected chi connectivity index (χ3v) is 4.92. The van der Waals surface area contributed by atoms with Crippen LogP contribution in [0.3, 0.4) is 0 Å². The van der Waals surface area contributed by atoms with Gasteiger partial charge in [0, 0.05) is 41.7 Å². The molecule has 6 heteroatoms. The molecule has 0 saturated heterocycles. The Bertz CT molecular complexity index is 837. The largest absolute Gasteiger partial charge is 0.497 e. The summed E-state index contributed by atoms with van der Waals surface area (Å²) in [6, 6.07) is 10.3. The molecule has 0 aliphatic rings. The van der Waals surface area contributed by atoms with E-state index in [4.69, 9.17) is 14.5 Å². The molecule has 1 aromatic carbocycles. The summed E-state index contributed by atoms with van der Waals surface area (Å²) in [5.74, 6) is 0.859. The van der Waals surface area contributed by atoms with Crippen LogP contribution in [0.5, 0.6) is 5.75 Å². The minimum atomic E-state index is 0.668. The van der Waals surface area contributed by atoms with Gasteiger partial charge < -0.3 is 19.4 Å². The van der Waals surface area contributed by atoms with E-state index in [1.54, 1.807) is 25.6 Å². The van der Waals surface area contributed by atoms with Crippen molar-refractivity contribution < 1.29 is 9.47 Å². The Kier molecular flexibility index (Phi) is 5.40. The molecule has 0 spiro atoms. The Balaban J connectivity index is 1.88. The van der Waals surface area contributed by atoms with E-state index in [1.165, 1.54) is 11.4 Å². The SMILES string of the molecule is COCCNc1nc(-c2cc(C)n(-c3ccc(OC)cc3)c2C)cs1. The van der Waals surface area contributed by atoms with E-state index in [0.717, 1.165) is 34.4 Å². The Morgan fingerprint density at radius 1 is 1.16 bits per heavy atom. The van der Waals surface area contributed by atoms with Crippen molar-refractivity contribution in [2.24, 2.45) is 0 Å². The minimum Gasteiger partial charge on any atom is -0.497 e. The first-order valence-electron chi connectivity index (χ1n) is 8.16. The zero-order valence-electron chi connectivity index (χ0n) is 15.0. The number of thiazole rings is 1. The summed E-state index contributed by atoms with van der Waals surface area (Å²) in [7, 11) is 3.38. The van der Waals surface area contributed by atoms with Gasteiger partial charge in [0.2, 0.25) is 0 Å². The topological polar surface area (TPSA) is 48.3 Å². The summed E-state index contributed by atoms with van der Waals surface area (Å²) in [6.07, 6.45) is 0. The van der Waals surface area contributed by atoms with E-state index in [2.05, 4.69) is 47.3 Å². The summed E-state index contributed by atoms with van der Waals surface area (Å²) in [4.78, 5) is 4.71. The lowest BCUT2D eigenvalue weighted by atomic mass is 10.2. The van der Waals surface area contributed by atoms with Crippen LogP contribution in [0.15, 0.2) is 35.7 Å². The van der Waals surface area contributed by atoms with Gasteiger partial charge in [-0.15, -0.1) is 11.3 Å². The van der Waals surface area contributed by atoms with Crippen LogP contribution in [-0.4, -0.2) is 36.9 Å². The molecule has 2 heterocycles. The van der Waals surface area contributed by atoms with Crippen LogP contribution < -0.4 is 10.1 Å². The molecule has 132 valence electrons. The zero-order valence-corrected chi connectivity index (χ0v) is 15.8. The van der Waals surface area contributed by atoms with Gasteiger partial charge >= 0.3 is 0 Å². The maximum atomic E-state index is 5.25. The van der Waals surface area contributed by atoms with E-state index < -0.39 is 0 Å². The summed E-state index contributed by atoms with van der Waals surface area (Å²) in [5, 5.41) is 6.29. The van der Waals surface area contributed by atoms with Gasteiger partial charge in [0.05, 0.1) is 19.4 Å². The molecular weight excluding hydrogens is 334 g/mol. The summed E-state index contributed by atoms with van der Waals surface area (Å²) < 4.78 is 12.6. The van der Waals surface area contributed by atoms with Gasteiger partial charge in [-0.05, 0) is 44.2 Å². The fraction of sp³-hybridized carbons (Fsp3) is 0.316. The number of aryl methyl sites for hydroxylation is 1. The van der Waals surface area contributed by atoms with E-state index in [0.29, 0.717) is 6.61 Å². The van der Waals surface area contributed by atoms with Crippen molar-refractivity contribution in [3.05, 3.63) is 47.1 Å². The highest BCUT2D eigenvalue weighted by Crippen LogP contribution is 2.32. The molecule has 2 aromatic heterocycles. The number of nitrogens with one attached hydrogen (secondary N) is 1. The molecule has 0 atom stereocenters. The van der Waals surface area contributed by atoms with Crippen LogP contribution in [0, 0.1) is 13.8 Å². The van der Waals surface area contributed by atoms with E-state index in [1.807, 2.05) is 12.1 Å². The molecule has 0 unspecified atom stereocenters. The lowest BCUT2D eigenvalue weighted by Gasteiger charge is -2.10. The molecule has 1 N–H and O–H groups in total. The Morgan fingerprint density at radius 3 is 2.60 bits per heavy atom. The van der Waals surface area contributed by atoms with Gasteiger partial charge in [-0.1, -0.05) is 0 Å². The van der Waals surface area contributed by atoms with Crippen LogP contribution in [0.4, 0.5) is 5.13 Å². The van der Waals surface area contributed by atoms with Gasteiger partial charge in [0.25, 0.3) is 0 Å². The molecule has 0 aliphatic carbocycles. The van der Waals surface area contributed by atoms with Crippen LogP contribution in [0.25, 0.3) is 16.9 Å². The van der Waals surface area contributed by atoms with E-state index in [9.17, 15) is 0 Å². The molecule has 0 amide bonds. The number of anilines is 1. The standard InChI is InChI=1S/C19H23N3O2S/c1-13-11-17(18-12-25-19(21-18)20-9-10-23-3)14(2)22(13)15-5-7-16(24-4)8-6-15/h5-8,11-12H,9-10H2,1-4H3,(H,20,21). The third-order valence-electron chi connectivity index (χ3n) is 4.12. The van der Waals surface area contributed by atoms with Crippen molar-refractivity contribution in [2.45, 2.75) is 13.8 Å². The normalized spacial score (nSPS) is 10.9. The quantitative estimate of drug-likeness (QED) is 0.641. The van der Waals surface area contributed by atoms with Crippen LogP contribution in [0.1, 0.15) is 11.4 Å². The van der Waals surface area contributed by atoms with E-state index >= 15 is 0 Å². The lowest BCUT2D eigenvalue weighted by molar-refractivity contribution is 0.211. The number of methoxy groups -OCH3 is 2. The number of hydrogen-bond donors (Lipinski definition) is 1. The highest BCUT2D eigenvalue weighted by atomic mass is 32.1. The maximum Gasteiger partial charge on any atom is 0.183 e. The Labute approximate surface area is 152 Å². The third kappa shape index (κ3) is 3.70. The molecular formula is C19H23N3O2S. The van der Waals surface area contributed by atoms with Crippen LogP contribution in [0.2, 0.25) is 0 Å². The Hall–Kier alpha value is -2.31. The molecule has 5 nitrogen and oxygen atoms in total. The molecule has 0 aliphatic heterocycles. The summed E-state index contributed by atoms with van der Waals surface area (Å²) >= 11 is 1.62. The van der Waals surface area contributed by atoms with Crippen molar-refractivity contribution in [3.63, 3.8) is 0 Å². The second-order valence-corrected chi connectivity index (χ2v) is 6.63. The molecule has 0 bridgehead atoms. The first kappa shape index (κ1) is 17.5. The predicted molar refractivity (Wildman–Crippen MR) is 103 cm³/mol. The van der Waals surface area contributed by atoms with Gasteiger partial charge in [-0.2, -0.15) is 0 Å². The van der Waals surface area contributed by atoms with Crippen molar-refractivity contribution in [2.75, 3.05) is 32.7 Å². The fourth-order valence-electron chi connectivity index (χ4n) is 2.89. The molecule has 0 radical (unpaired) electrons. The van der Waals surface area contributed by atoms with Gasteiger partial charge in [0.1, 0.15) is 5.75 Å². The smallest absolute Gasteiger partial charge is 0.183 e. The predicted octanol–water partition coefficient (Wildman–Crippen LogP) is 4.28. The van der Waals surface area contributed by atoms with Crippen molar-refractivity contribution in [3.8, 4) is 22.7 Å². The number of hydrogen-bond acceptors (Lipinski definition) is 5.